The molecule has 1 fully saturated rings. The average Bonchev–Trinajstić information content (AvgIpc) is 3.31. The number of nitrogens with zero attached hydrogens (tertiary/aromatic N) is 1. The molecule has 2 aromatic carbocycles. The summed E-state index contributed by atoms with van der Waals surface area (Å²) in [6, 6.07) is 13.1. The molecule has 0 spiro atoms. The molecule has 1 heterocycles. The van der Waals surface area contributed by atoms with Crippen LogP contribution in [0.4, 0.5) is 5.69 Å². The minimum Gasteiger partial charge on any atom is -0.497 e. The number of amides is 1. The van der Waals surface area contributed by atoms with Crippen molar-refractivity contribution in [2.45, 2.75) is 38.7 Å². The van der Waals surface area contributed by atoms with Crippen molar-refractivity contribution in [3.8, 4) is 11.5 Å². The molecule has 7 nitrogen and oxygen atoms in total. The van der Waals surface area contributed by atoms with Crippen LogP contribution in [0.25, 0.3) is 0 Å². The predicted octanol–water partition coefficient (Wildman–Crippen LogP) is 4.20. The molecule has 31 heavy (non-hydrogen) atoms. The van der Waals surface area contributed by atoms with E-state index in [4.69, 9.17) is 14.2 Å². The zero-order valence-electron chi connectivity index (χ0n) is 18.6. The Morgan fingerprint density at radius 1 is 1.16 bits per heavy atom. The number of carbonyl (C=O) groups is 1. The van der Waals surface area contributed by atoms with E-state index in [1.54, 1.807) is 32.4 Å². The fourth-order valence-electron chi connectivity index (χ4n) is 3.32. The Labute approximate surface area is 183 Å². The van der Waals surface area contributed by atoms with Crippen LogP contribution in [-0.4, -0.2) is 45.3 Å². The second-order valence-corrected chi connectivity index (χ2v) is 7.78. The quantitative estimate of drug-likeness (QED) is 0.513. The van der Waals surface area contributed by atoms with Crippen LogP contribution in [0.15, 0.2) is 47.5 Å². The molecule has 7 heteroatoms. The summed E-state index contributed by atoms with van der Waals surface area (Å²) in [5.41, 5.74) is 2.48. The van der Waals surface area contributed by atoms with Gasteiger partial charge in [0.15, 0.2) is 0 Å². The van der Waals surface area contributed by atoms with Crippen molar-refractivity contribution in [2.24, 2.45) is 4.99 Å². The van der Waals surface area contributed by atoms with Gasteiger partial charge >= 0.3 is 0 Å². The van der Waals surface area contributed by atoms with E-state index in [-0.39, 0.29) is 12.0 Å². The molecule has 0 saturated carbocycles. The average molecular weight is 426 g/mol. The van der Waals surface area contributed by atoms with Crippen molar-refractivity contribution in [3.05, 3.63) is 53.6 Å². The van der Waals surface area contributed by atoms with Gasteiger partial charge in [0.05, 0.1) is 26.9 Å². The first-order valence-electron chi connectivity index (χ1n) is 10.6. The Morgan fingerprint density at radius 3 is 2.52 bits per heavy atom. The summed E-state index contributed by atoms with van der Waals surface area (Å²) in [4.78, 5) is 17.6. The number of guanidine groups is 1. The molecule has 1 aliphatic heterocycles. The molecule has 1 saturated heterocycles. The highest BCUT2D eigenvalue weighted by atomic mass is 16.5. The first-order valence-corrected chi connectivity index (χ1v) is 10.6. The summed E-state index contributed by atoms with van der Waals surface area (Å²) in [5.74, 6) is 1.55. The maximum Gasteiger partial charge on any atom is 0.258 e. The van der Waals surface area contributed by atoms with Crippen LogP contribution in [0.3, 0.4) is 0 Å². The van der Waals surface area contributed by atoms with Gasteiger partial charge in [0, 0.05) is 23.9 Å². The summed E-state index contributed by atoms with van der Waals surface area (Å²) in [7, 11) is 3.10. The molecule has 3 rings (SSSR count). The highest BCUT2D eigenvalue weighted by Crippen LogP contribution is 2.23. The highest BCUT2D eigenvalue weighted by Gasteiger charge is 2.17. The number of rotatable bonds is 7. The Hall–Kier alpha value is -3.06. The van der Waals surface area contributed by atoms with Crippen LogP contribution in [0.2, 0.25) is 0 Å². The summed E-state index contributed by atoms with van der Waals surface area (Å²) in [5, 5.41) is 6.15. The Kier molecular flexibility index (Phi) is 7.89. The largest absolute Gasteiger partial charge is 0.497 e. The summed E-state index contributed by atoms with van der Waals surface area (Å²) < 4.78 is 16.2. The zero-order chi connectivity index (χ0) is 22.2. The van der Waals surface area contributed by atoms with E-state index in [1.165, 1.54) is 5.56 Å². The van der Waals surface area contributed by atoms with Gasteiger partial charge in [-0.05, 0) is 48.6 Å². The van der Waals surface area contributed by atoms with Crippen molar-refractivity contribution < 1.29 is 19.0 Å². The minimum absolute atomic E-state index is 0.0765. The summed E-state index contributed by atoms with van der Waals surface area (Å²) >= 11 is 0. The van der Waals surface area contributed by atoms with Crippen LogP contribution in [0.5, 0.6) is 11.5 Å². The normalized spacial score (nSPS) is 16.3. The van der Waals surface area contributed by atoms with Crippen molar-refractivity contribution in [3.63, 3.8) is 0 Å². The van der Waals surface area contributed by atoms with Gasteiger partial charge in [-0.15, -0.1) is 0 Å². The number of nitrogens with one attached hydrogen (secondary N) is 2. The van der Waals surface area contributed by atoms with E-state index in [9.17, 15) is 4.79 Å². The number of aliphatic imine (C=N–C) groups is 1. The van der Waals surface area contributed by atoms with Gasteiger partial charge < -0.3 is 19.5 Å². The van der Waals surface area contributed by atoms with E-state index >= 15 is 0 Å². The summed E-state index contributed by atoms with van der Waals surface area (Å²) in [6.07, 6.45) is 2.09. The maximum absolute atomic E-state index is 13.0. The standard InChI is InChI=1S/C24H31N3O4/c1-16(2)17-7-5-8-19(11-17)26-24(25-15-20-9-6-10-31-20)27-23(28)18-12-21(29-3)14-22(13-18)30-4/h5,7-8,11-14,16,20H,6,9-10,15H2,1-4H3,(H2,25,26,27,28). The number of hydrogen-bond acceptors (Lipinski definition) is 5. The lowest BCUT2D eigenvalue weighted by molar-refractivity contribution is 0.0975. The monoisotopic (exact) mass is 425 g/mol. The molecule has 1 aliphatic rings. The smallest absolute Gasteiger partial charge is 0.258 e. The third-order valence-corrected chi connectivity index (χ3v) is 5.14. The SMILES string of the molecule is COc1cc(OC)cc(C(=O)NC(=NCC2CCCO2)Nc2cccc(C(C)C)c2)c1. The van der Waals surface area contributed by atoms with Crippen LogP contribution >= 0.6 is 0 Å². The first-order chi connectivity index (χ1) is 15.0. The predicted molar refractivity (Wildman–Crippen MR) is 122 cm³/mol. The number of ether oxygens (including phenoxy) is 3. The molecule has 2 N–H and O–H groups in total. The molecule has 0 bridgehead atoms. The number of hydrogen-bond donors (Lipinski definition) is 2. The topological polar surface area (TPSA) is 81.2 Å². The Morgan fingerprint density at radius 2 is 1.90 bits per heavy atom. The van der Waals surface area contributed by atoms with Crippen LogP contribution in [0, 0.1) is 0 Å². The number of benzene rings is 2. The lowest BCUT2D eigenvalue weighted by atomic mass is 10.0. The molecule has 166 valence electrons. The van der Waals surface area contributed by atoms with E-state index in [0.717, 1.165) is 25.1 Å². The third-order valence-electron chi connectivity index (χ3n) is 5.14. The van der Waals surface area contributed by atoms with Gasteiger partial charge in [0.25, 0.3) is 5.91 Å². The fourth-order valence-corrected chi connectivity index (χ4v) is 3.32. The van der Waals surface area contributed by atoms with E-state index in [1.807, 2.05) is 12.1 Å². The molecule has 0 aliphatic carbocycles. The third kappa shape index (κ3) is 6.46. The van der Waals surface area contributed by atoms with Crippen molar-refractivity contribution in [1.29, 1.82) is 0 Å². The van der Waals surface area contributed by atoms with Gasteiger partial charge in [-0.2, -0.15) is 0 Å². The number of anilines is 1. The second-order valence-electron chi connectivity index (χ2n) is 7.78. The summed E-state index contributed by atoms with van der Waals surface area (Å²) in [6.45, 7) is 5.52. The van der Waals surface area contributed by atoms with Crippen LogP contribution in [-0.2, 0) is 4.74 Å². The number of methoxy groups -OCH3 is 2. The van der Waals surface area contributed by atoms with E-state index in [2.05, 4.69) is 41.6 Å². The fraction of sp³-hybridized carbons (Fsp3) is 0.417. The molecule has 1 unspecified atom stereocenters. The Balaban J connectivity index is 1.81. The van der Waals surface area contributed by atoms with Gasteiger partial charge in [-0.25, -0.2) is 4.99 Å². The zero-order valence-corrected chi connectivity index (χ0v) is 18.6. The van der Waals surface area contributed by atoms with Crippen molar-refractivity contribution in [1.82, 2.24) is 5.32 Å². The molecule has 2 aromatic rings. The van der Waals surface area contributed by atoms with Crippen LogP contribution < -0.4 is 20.1 Å². The molecule has 1 atom stereocenters. The van der Waals surface area contributed by atoms with Crippen LogP contribution in [0.1, 0.15) is 48.5 Å². The molecule has 1 amide bonds. The van der Waals surface area contributed by atoms with Crippen molar-refractivity contribution in [2.75, 3.05) is 32.7 Å². The molecular weight excluding hydrogens is 394 g/mol. The van der Waals surface area contributed by atoms with Gasteiger partial charge in [0.1, 0.15) is 11.5 Å². The van der Waals surface area contributed by atoms with Gasteiger partial charge in [-0.3, -0.25) is 10.1 Å². The lowest BCUT2D eigenvalue weighted by Crippen LogP contribution is -2.36. The minimum atomic E-state index is -0.309. The van der Waals surface area contributed by atoms with E-state index < -0.39 is 0 Å². The molecule has 0 radical (unpaired) electrons. The van der Waals surface area contributed by atoms with Crippen molar-refractivity contribution >= 4 is 17.6 Å². The highest BCUT2D eigenvalue weighted by molar-refractivity contribution is 6.10. The molecule has 0 aromatic heterocycles. The Bertz CT molecular complexity index is 899. The molecular formula is C24H31N3O4. The second kappa shape index (κ2) is 10.8. The first kappa shape index (κ1) is 22.6. The van der Waals surface area contributed by atoms with Gasteiger partial charge in [0.2, 0.25) is 5.96 Å². The lowest BCUT2D eigenvalue weighted by Gasteiger charge is -2.15. The number of carbonyl (C=O) groups excluding carboxylic acids is 1. The maximum atomic E-state index is 13.0. The van der Waals surface area contributed by atoms with E-state index in [0.29, 0.717) is 35.5 Å². The van der Waals surface area contributed by atoms with Gasteiger partial charge in [-0.1, -0.05) is 26.0 Å².